The molecular formula is C9H7ClF2O3. The molecule has 0 aliphatic carbocycles. The molecule has 1 heterocycles. The van der Waals surface area contributed by atoms with Gasteiger partial charge in [0, 0.05) is 5.56 Å². The van der Waals surface area contributed by atoms with Crippen LogP contribution in [0.25, 0.3) is 0 Å². The number of halogens is 3. The maximum atomic E-state index is 12.7. The predicted molar refractivity (Wildman–Crippen MR) is 48.2 cm³/mol. The molecule has 1 aromatic rings. The lowest BCUT2D eigenvalue weighted by atomic mass is 10.2. The van der Waals surface area contributed by atoms with Gasteiger partial charge in [-0.3, -0.25) is 0 Å². The van der Waals surface area contributed by atoms with E-state index in [0.717, 1.165) is 0 Å². The number of hydrogen-bond acceptors (Lipinski definition) is 3. The highest BCUT2D eigenvalue weighted by atomic mass is 35.5. The number of alkyl halides is 3. The van der Waals surface area contributed by atoms with E-state index in [9.17, 15) is 8.78 Å². The van der Waals surface area contributed by atoms with E-state index >= 15 is 0 Å². The Morgan fingerprint density at radius 1 is 1.33 bits per heavy atom. The molecule has 6 heteroatoms. The second-order valence-electron chi connectivity index (χ2n) is 2.87. The normalized spacial score (nSPS) is 16.7. The maximum absolute atomic E-state index is 12.7. The molecule has 0 radical (unpaired) electrons. The van der Waals surface area contributed by atoms with Gasteiger partial charge in [-0.1, -0.05) is 23.7 Å². The minimum absolute atomic E-state index is 0.00705. The number of para-hydroxylation sites is 1. The van der Waals surface area contributed by atoms with Crippen molar-refractivity contribution in [2.24, 2.45) is 0 Å². The highest BCUT2D eigenvalue weighted by molar-refractivity contribution is 6.17. The van der Waals surface area contributed by atoms with E-state index in [2.05, 4.69) is 9.47 Å². The molecule has 0 atom stereocenters. The second-order valence-corrected chi connectivity index (χ2v) is 3.09. The average molecular weight is 237 g/mol. The van der Waals surface area contributed by atoms with Crippen molar-refractivity contribution in [1.29, 1.82) is 0 Å². The zero-order valence-corrected chi connectivity index (χ0v) is 8.26. The molecule has 0 fully saturated rings. The molecular weight excluding hydrogens is 230 g/mol. The summed E-state index contributed by atoms with van der Waals surface area (Å²) >= 11 is 5.32. The Morgan fingerprint density at radius 2 is 2.13 bits per heavy atom. The Bertz CT molecular complexity index is 370. The van der Waals surface area contributed by atoms with Gasteiger partial charge < -0.3 is 14.2 Å². The van der Waals surface area contributed by atoms with Crippen molar-refractivity contribution in [3.05, 3.63) is 23.8 Å². The second kappa shape index (κ2) is 3.83. The summed E-state index contributed by atoms with van der Waals surface area (Å²) in [6, 6.07) is 4.58. The molecule has 1 aliphatic heterocycles. The van der Waals surface area contributed by atoms with Crippen LogP contribution in [0.3, 0.4) is 0 Å². The molecule has 0 amide bonds. The van der Waals surface area contributed by atoms with Crippen molar-refractivity contribution in [3.8, 4) is 11.5 Å². The maximum Gasteiger partial charge on any atom is 0.586 e. The van der Waals surface area contributed by atoms with Crippen molar-refractivity contribution in [3.63, 3.8) is 0 Å². The molecule has 0 aromatic heterocycles. The molecule has 15 heavy (non-hydrogen) atoms. The summed E-state index contributed by atoms with van der Waals surface area (Å²) in [5.74, 6) is 0.0169. The molecule has 1 aromatic carbocycles. The molecule has 0 bridgehead atoms. The summed E-state index contributed by atoms with van der Waals surface area (Å²) in [4.78, 5) is 0. The lowest BCUT2D eigenvalue weighted by molar-refractivity contribution is -0.287. The summed E-state index contributed by atoms with van der Waals surface area (Å²) in [5.41, 5.74) is 0.477. The van der Waals surface area contributed by atoms with E-state index in [4.69, 9.17) is 16.3 Å². The molecule has 0 spiro atoms. The molecule has 0 saturated heterocycles. The van der Waals surface area contributed by atoms with E-state index in [1.807, 2.05) is 0 Å². The van der Waals surface area contributed by atoms with Crippen molar-refractivity contribution in [1.82, 2.24) is 0 Å². The number of ether oxygens (including phenoxy) is 3. The van der Waals surface area contributed by atoms with Crippen LogP contribution in [0, 0.1) is 0 Å². The van der Waals surface area contributed by atoms with Crippen LogP contribution in [0.4, 0.5) is 8.78 Å². The topological polar surface area (TPSA) is 27.7 Å². The summed E-state index contributed by atoms with van der Waals surface area (Å²) in [6.45, 7) is 0.103. The van der Waals surface area contributed by atoms with Gasteiger partial charge in [-0.25, -0.2) is 0 Å². The first-order valence-corrected chi connectivity index (χ1v) is 4.67. The molecule has 0 saturated carbocycles. The summed E-state index contributed by atoms with van der Waals surface area (Å²) in [7, 11) is 0. The highest BCUT2D eigenvalue weighted by Crippen LogP contribution is 2.43. The number of fused-ring (bicyclic) bond motifs is 1. The van der Waals surface area contributed by atoms with Crippen molar-refractivity contribution in [2.75, 3.05) is 6.07 Å². The van der Waals surface area contributed by atoms with E-state index in [1.54, 1.807) is 12.1 Å². The van der Waals surface area contributed by atoms with E-state index in [1.165, 1.54) is 6.07 Å². The van der Waals surface area contributed by atoms with Crippen LogP contribution in [0.1, 0.15) is 5.56 Å². The van der Waals surface area contributed by atoms with Crippen LogP contribution >= 0.6 is 11.6 Å². The fraction of sp³-hybridized carbons (Fsp3) is 0.333. The van der Waals surface area contributed by atoms with Gasteiger partial charge in [0.1, 0.15) is 6.07 Å². The molecule has 0 unspecified atom stereocenters. The highest BCUT2D eigenvalue weighted by Gasteiger charge is 2.44. The fourth-order valence-corrected chi connectivity index (χ4v) is 1.36. The van der Waals surface area contributed by atoms with Gasteiger partial charge in [0.05, 0.1) is 6.61 Å². The summed E-state index contributed by atoms with van der Waals surface area (Å²) in [6.07, 6.45) is -3.60. The Labute approximate surface area is 89.5 Å². The first-order valence-electron chi connectivity index (χ1n) is 4.14. The first-order chi connectivity index (χ1) is 7.12. The third-order valence-corrected chi connectivity index (χ3v) is 2.00. The third-order valence-electron chi connectivity index (χ3n) is 1.84. The summed E-state index contributed by atoms with van der Waals surface area (Å²) in [5, 5.41) is 0. The smallest absolute Gasteiger partial charge is 0.395 e. The Morgan fingerprint density at radius 3 is 2.87 bits per heavy atom. The first kappa shape index (κ1) is 10.4. The van der Waals surface area contributed by atoms with Gasteiger partial charge in [0.2, 0.25) is 0 Å². The molecule has 0 N–H and O–H groups in total. The van der Waals surface area contributed by atoms with Crippen molar-refractivity contribution < 1.29 is 23.0 Å². The molecule has 1 aliphatic rings. The van der Waals surface area contributed by atoms with E-state index in [-0.39, 0.29) is 24.2 Å². The molecule has 82 valence electrons. The fourth-order valence-electron chi connectivity index (χ4n) is 1.29. The zero-order chi connectivity index (χ0) is 10.9. The Kier molecular flexibility index (Phi) is 2.67. The third kappa shape index (κ3) is 2.13. The van der Waals surface area contributed by atoms with E-state index in [0.29, 0.717) is 5.56 Å². The van der Waals surface area contributed by atoms with Crippen LogP contribution in [0.2, 0.25) is 0 Å². The lowest BCUT2D eigenvalue weighted by Crippen LogP contribution is -2.26. The van der Waals surface area contributed by atoms with Crippen LogP contribution in [0.15, 0.2) is 18.2 Å². The van der Waals surface area contributed by atoms with Crippen LogP contribution in [-0.4, -0.2) is 12.4 Å². The standard InChI is InChI=1S/C9H7ClF2O3/c10-5-13-4-6-2-1-3-7-8(6)15-9(11,12)14-7/h1-3H,4-5H2. The zero-order valence-electron chi connectivity index (χ0n) is 7.50. The van der Waals surface area contributed by atoms with Crippen LogP contribution < -0.4 is 9.47 Å². The van der Waals surface area contributed by atoms with Gasteiger partial charge in [-0.05, 0) is 6.07 Å². The molecule has 2 rings (SSSR count). The van der Waals surface area contributed by atoms with Crippen molar-refractivity contribution >= 4 is 11.6 Å². The van der Waals surface area contributed by atoms with E-state index < -0.39 is 6.29 Å². The average Bonchev–Trinajstić information content (AvgIpc) is 2.49. The van der Waals surface area contributed by atoms with Gasteiger partial charge in [-0.15, -0.1) is 8.78 Å². The minimum Gasteiger partial charge on any atom is -0.395 e. The van der Waals surface area contributed by atoms with Gasteiger partial charge >= 0.3 is 6.29 Å². The number of rotatable bonds is 3. The quantitative estimate of drug-likeness (QED) is 0.756. The Hall–Kier alpha value is -1.07. The summed E-state index contributed by atoms with van der Waals surface area (Å²) < 4.78 is 39.0. The van der Waals surface area contributed by atoms with Gasteiger partial charge in [0.25, 0.3) is 0 Å². The monoisotopic (exact) mass is 236 g/mol. The number of hydrogen-bond donors (Lipinski definition) is 0. The van der Waals surface area contributed by atoms with Crippen molar-refractivity contribution in [2.45, 2.75) is 12.9 Å². The predicted octanol–water partition coefficient (Wildman–Crippen LogP) is 2.72. The minimum atomic E-state index is -3.60. The van der Waals surface area contributed by atoms with Gasteiger partial charge in [-0.2, -0.15) is 0 Å². The number of benzene rings is 1. The van der Waals surface area contributed by atoms with Crippen LogP contribution in [-0.2, 0) is 11.3 Å². The Balaban J connectivity index is 2.25. The van der Waals surface area contributed by atoms with Crippen LogP contribution in [0.5, 0.6) is 11.5 Å². The largest absolute Gasteiger partial charge is 0.586 e. The SMILES string of the molecule is FC1(F)Oc2cccc(COCCl)c2O1. The lowest BCUT2D eigenvalue weighted by Gasteiger charge is -2.06. The molecule has 3 nitrogen and oxygen atoms in total. The van der Waals surface area contributed by atoms with Gasteiger partial charge in [0.15, 0.2) is 11.5 Å².